The fraction of sp³-hybridized carbons (Fsp3) is 1.00. The smallest absolute Gasteiger partial charge is 0.0503 e. The first-order valence-corrected chi connectivity index (χ1v) is 7.48. The van der Waals surface area contributed by atoms with Crippen LogP contribution >= 0.6 is 0 Å². The summed E-state index contributed by atoms with van der Waals surface area (Å²) in [5.74, 6) is 2.19. The van der Waals surface area contributed by atoms with E-state index >= 15 is 0 Å². The van der Waals surface area contributed by atoms with Crippen LogP contribution in [0.15, 0.2) is 0 Å². The van der Waals surface area contributed by atoms with Crippen LogP contribution in [-0.2, 0) is 4.74 Å². The molecule has 1 fully saturated rings. The summed E-state index contributed by atoms with van der Waals surface area (Å²) in [5, 5.41) is 3.62. The van der Waals surface area contributed by atoms with Crippen molar-refractivity contribution >= 4 is 0 Å². The Bertz CT molecular complexity index is 219. The molecule has 0 spiro atoms. The molecule has 1 saturated heterocycles. The standard InChI is InChI=1S/C15H32N2O/c1-12(2)8-16-9-15(13(3)4)17-7-6-14(10-17)11-18-5/h12-16H,6-11H2,1-5H3. The van der Waals surface area contributed by atoms with Crippen LogP contribution in [0.5, 0.6) is 0 Å². The lowest BCUT2D eigenvalue weighted by Gasteiger charge is -2.31. The van der Waals surface area contributed by atoms with Crippen molar-refractivity contribution in [2.75, 3.05) is 39.9 Å². The van der Waals surface area contributed by atoms with Gasteiger partial charge in [-0.3, -0.25) is 4.90 Å². The van der Waals surface area contributed by atoms with Crippen molar-refractivity contribution in [3.8, 4) is 0 Å². The molecule has 2 unspecified atom stereocenters. The van der Waals surface area contributed by atoms with E-state index in [1.165, 1.54) is 19.5 Å². The summed E-state index contributed by atoms with van der Waals surface area (Å²) < 4.78 is 5.28. The maximum Gasteiger partial charge on any atom is 0.0503 e. The molecule has 18 heavy (non-hydrogen) atoms. The number of hydrogen-bond donors (Lipinski definition) is 1. The van der Waals surface area contributed by atoms with E-state index in [2.05, 4.69) is 37.9 Å². The van der Waals surface area contributed by atoms with Gasteiger partial charge in [0.1, 0.15) is 0 Å². The number of rotatable bonds is 8. The molecule has 0 saturated carbocycles. The second-order valence-corrected chi connectivity index (χ2v) is 6.47. The van der Waals surface area contributed by atoms with E-state index < -0.39 is 0 Å². The Kier molecular flexibility index (Phi) is 7.20. The van der Waals surface area contributed by atoms with Crippen LogP contribution in [0.1, 0.15) is 34.1 Å². The first-order chi connectivity index (χ1) is 8.54. The summed E-state index contributed by atoms with van der Waals surface area (Å²) in [7, 11) is 1.81. The maximum atomic E-state index is 5.28. The molecule has 0 aromatic rings. The molecule has 0 aromatic carbocycles. The Morgan fingerprint density at radius 2 is 1.94 bits per heavy atom. The van der Waals surface area contributed by atoms with Crippen LogP contribution < -0.4 is 5.32 Å². The molecule has 1 rings (SSSR count). The Morgan fingerprint density at radius 1 is 1.22 bits per heavy atom. The molecule has 1 heterocycles. The van der Waals surface area contributed by atoms with Crippen molar-refractivity contribution in [2.24, 2.45) is 17.8 Å². The quantitative estimate of drug-likeness (QED) is 0.721. The van der Waals surface area contributed by atoms with E-state index in [0.29, 0.717) is 12.0 Å². The molecular formula is C15H32N2O. The van der Waals surface area contributed by atoms with Crippen molar-refractivity contribution in [1.29, 1.82) is 0 Å². The first-order valence-electron chi connectivity index (χ1n) is 7.48. The highest BCUT2D eigenvalue weighted by molar-refractivity contribution is 4.84. The van der Waals surface area contributed by atoms with Crippen molar-refractivity contribution in [3.63, 3.8) is 0 Å². The highest BCUT2D eigenvalue weighted by Gasteiger charge is 2.29. The van der Waals surface area contributed by atoms with Crippen LogP contribution in [0, 0.1) is 17.8 Å². The number of hydrogen-bond acceptors (Lipinski definition) is 3. The lowest BCUT2D eigenvalue weighted by atomic mass is 10.0. The minimum Gasteiger partial charge on any atom is -0.384 e. The van der Waals surface area contributed by atoms with Gasteiger partial charge in [-0.25, -0.2) is 0 Å². The monoisotopic (exact) mass is 256 g/mol. The fourth-order valence-electron chi connectivity index (χ4n) is 2.84. The van der Waals surface area contributed by atoms with E-state index in [0.717, 1.165) is 31.5 Å². The van der Waals surface area contributed by atoms with Gasteiger partial charge in [0.2, 0.25) is 0 Å². The second kappa shape index (κ2) is 8.13. The molecule has 0 amide bonds. The lowest BCUT2D eigenvalue weighted by molar-refractivity contribution is 0.137. The van der Waals surface area contributed by atoms with Crippen molar-refractivity contribution in [1.82, 2.24) is 10.2 Å². The number of methoxy groups -OCH3 is 1. The van der Waals surface area contributed by atoms with Gasteiger partial charge in [-0.2, -0.15) is 0 Å². The van der Waals surface area contributed by atoms with Crippen LogP contribution in [0.25, 0.3) is 0 Å². The largest absolute Gasteiger partial charge is 0.384 e. The van der Waals surface area contributed by atoms with Crippen molar-refractivity contribution in [2.45, 2.75) is 40.2 Å². The average molecular weight is 256 g/mol. The molecule has 0 bridgehead atoms. The zero-order chi connectivity index (χ0) is 13.5. The van der Waals surface area contributed by atoms with E-state index in [-0.39, 0.29) is 0 Å². The summed E-state index contributed by atoms with van der Waals surface area (Å²) in [6, 6.07) is 0.672. The maximum absolute atomic E-state index is 5.28. The SMILES string of the molecule is COCC1CCN(C(CNCC(C)C)C(C)C)C1. The Balaban J connectivity index is 2.37. The number of ether oxygens (including phenoxy) is 1. The van der Waals surface area contributed by atoms with Gasteiger partial charge in [0.15, 0.2) is 0 Å². The number of nitrogens with zero attached hydrogens (tertiary/aromatic N) is 1. The zero-order valence-electron chi connectivity index (χ0n) is 12.9. The predicted molar refractivity (Wildman–Crippen MR) is 77.9 cm³/mol. The third-order valence-electron chi connectivity index (χ3n) is 3.86. The Hall–Kier alpha value is -0.120. The van der Waals surface area contributed by atoms with Crippen LogP contribution in [-0.4, -0.2) is 50.8 Å². The van der Waals surface area contributed by atoms with E-state index in [4.69, 9.17) is 4.74 Å². The van der Waals surface area contributed by atoms with Gasteiger partial charge < -0.3 is 10.1 Å². The van der Waals surface area contributed by atoms with Crippen LogP contribution in [0.4, 0.5) is 0 Å². The molecule has 0 aliphatic carbocycles. The molecule has 1 N–H and O–H groups in total. The van der Waals surface area contributed by atoms with Gasteiger partial charge in [-0.15, -0.1) is 0 Å². The van der Waals surface area contributed by atoms with E-state index in [1.54, 1.807) is 0 Å². The summed E-state index contributed by atoms with van der Waals surface area (Å²) in [5.41, 5.74) is 0. The molecule has 1 aliphatic heterocycles. The topological polar surface area (TPSA) is 24.5 Å². The third kappa shape index (κ3) is 5.25. The van der Waals surface area contributed by atoms with Gasteiger partial charge in [-0.05, 0) is 37.3 Å². The second-order valence-electron chi connectivity index (χ2n) is 6.47. The minimum atomic E-state index is 0.672. The Morgan fingerprint density at radius 3 is 2.50 bits per heavy atom. The highest BCUT2D eigenvalue weighted by atomic mass is 16.5. The predicted octanol–water partition coefficient (Wildman–Crippen LogP) is 2.22. The van der Waals surface area contributed by atoms with Crippen LogP contribution in [0.3, 0.4) is 0 Å². The normalized spacial score (nSPS) is 23.2. The first kappa shape index (κ1) is 15.9. The molecule has 0 radical (unpaired) electrons. The van der Waals surface area contributed by atoms with Gasteiger partial charge in [0.05, 0.1) is 6.61 Å². The molecule has 2 atom stereocenters. The van der Waals surface area contributed by atoms with Gasteiger partial charge in [0, 0.05) is 26.2 Å². The van der Waals surface area contributed by atoms with Crippen molar-refractivity contribution < 1.29 is 4.74 Å². The zero-order valence-corrected chi connectivity index (χ0v) is 12.9. The number of nitrogens with one attached hydrogen (secondary N) is 1. The molecule has 1 aliphatic rings. The summed E-state index contributed by atoms with van der Waals surface area (Å²) in [6.07, 6.45) is 1.29. The molecule has 3 heteroatoms. The number of likely N-dealkylation sites (tertiary alicyclic amines) is 1. The van der Waals surface area contributed by atoms with Gasteiger partial charge in [-0.1, -0.05) is 27.7 Å². The van der Waals surface area contributed by atoms with Crippen molar-refractivity contribution in [3.05, 3.63) is 0 Å². The lowest BCUT2D eigenvalue weighted by Crippen LogP contribution is -2.45. The molecular weight excluding hydrogens is 224 g/mol. The molecule has 3 nitrogen and oxygen atoms in total. The van der Waals surface area contributed by atoms with E-state index in [1.807, 2.05) is 7.11 Å². The minimum absolute atomic E-state index is 0.672. The summed E-state index contributed by atoms with van der Waals surface area (Å²) in [4.78, 5) is 2.65. The fourth-order valence-corrected chi connectivity index (χ4v) is 2.84. The highest BCUT2D eigenvalue weighted by Crippen LogP contribution is 2.22. The Labute approximate surface area is 113 Å². The third-order valence-corrected chi connectivity index (χ3v) is 3.86. The van der Waals surface area contributed by atoms with Gasteiger partial charge >= 0.3 is 0 Å². The molecule has 108 valence electrons. The summed E-state index contributed by atoms with van der Waals surface area (Å²) >= 11 is 0. The van der Waals surface area contributed by atoms with Gasteiger partial charge in [0.25, 0.3) is 0 Å². The average Bonchev–Trinajstić information content (AvgIpc) is 2.72. The van der Waals surface area contributed by atoms with E-state index in [9.17, 15) is 0 Å². The molecule has 0 aromatic heterocycles. The van der Waals surface area contributed by atoms with Crippen LogP contribution in [0.2, 0.25) is 0 Å². The summed E-state index contributed by atoms with van der Waals surface area (Å²) in [6.45, 7) is 14.8.